The van der Waals surface area contributed by atoms with Crippen LogP contribution in [0.2, 0.25) is 0 Å². The van der Waals surface area contributed by atoms with E-state index in [0.717, 1.165) is 0 Å². The van der Waals surface area contributed by atoms with Crippen LogP contribution in [-0.2, 0) is 24.3 Å². The van der Waals surface area contributed by atoms with Crippen molar-refractivity contribution in [3.63, 3.8) is 0 Å². The van der Waals surface area contributed by atoms with Gasteiger partial charge in [0.1, 0.15) is 11.9 Å². The molecule has 0 bridgehead atoms. The van der Waals surface area contributed by atoms with Crippen LogP contribution in [-0.4, -0.2) is 32.2 Å². The summed E-state index contributed by atoms with van der Waals surface area (Å²) in [6.07, 6.45) is -1.26. The number of rotatable bonds is 5. The Kier molecular flexibility index (Phi) is 4.95. The summed E-state index contributed by atoms with van der Waals surface area (Å²) in [6, 6.07) is 13.6. The molecule has 0 radical (unpaired) electrons. The Bertz CT molecular complexity index is 1020. The fraction of sp³-hybridized carbons (Fsp3) is 0.167. The highest BCUT2D eigenvalue weighted by molar-refractivity contribution is 7.90. The van der Waals surface area contributed by atoms with Crippen molar-refractivity contribution >= 4 is 27.7 Å². The van der Waals surface area contributed by atoms with E-state index >= 15 is 0 Å². The number of hydrogen-bond donors (Lipinski definition) is 2. The van der Waals surface area contributed by atoms with Gasteiger partial charge in [0, 0.05) is 11.1 Å². The van der Waals surface area contributed by atoms with Crippen molar-refractivity contribution in [1.29, 1.82) is 0 Å². The summed E-state index contributed by atoms with van der Waals surface area (Å²) in [5.41, 5.74) is 6.14. The number of aliphatic imine (C=N–C) groups is 1. The number of amidine groups is 1. The van der Waals surface area contributed by atoms with Crippen LogP contribution in [0.3, 0.4) is 0 Å². The second-order valence-electron chi connectivity index (χ2n) is 5.89. The molecular weight excluding hydrogens is 370 g/mol. The summed E-state index contributed by atoms with van der Waals surface area (Å²) in [7, 11) is -3.71. The summed E-state index contributed by atoms with van der Waals surface area (Å²) >= 11 is 0. The largest absolute Gasteiger partial charge is 0.446 e. The molecular formula is C18H17N3O5S. The number of hydrogen-bond acceptors (Lipinski definition) is 6. The second kappa shape index (κ2) is 7.20. The Hall–Kier alpha value is -3.20. The van der Waals surface area contributed by atoms with Crippen LogP contribution in [0, 0.1) is 0 Å². The molecule has 0 fully saturated rings. The van der Waals surface area contributed by atoms with Gasteiger partial charge in [-0.2, -0.15) is 0 Å². The quantitative estimate of drug-likeness (QED) is 0.736. The van der Waals surface area contributed by atoms with Crippen LogP contribution < -0.4 is 10.5 Å². The maximum atomic E-state index is 12.4. The summed E-state index contributed by atoms with van der Waals surface area (Å²) in [5, 5.41) is 0. The Labute approximate surface area is 156 Å². The molecule has 0 saturated carbocycles. The van der Waals surface area contributed by atoms with Gasteiger partial charge in [-0.1, -0.05) is 42.5 Å². The zero-order chi connectivity index (χ0) is 19.6. The summed E-state index contributed by atoms with van der Waals surface area (Å²) in [5.74, 6) is -1.58. The van der Waals surface area contributed by atoms with Gasteiger partial charge >= 0.3 is 5.97 Å². The van der Waals surface area contributed by atoms with E-state index in [4.69, 9.17) is 10.5 Å². The molecule has 2 aromatic carbocycles. The lowest BCUT2D eigenvalue weighted by Crippen LogP contribution is -2.31. The Balaban J connectivity index is 1.82. The standard InChI is InChI=1S/C18H17N3O5S/c1-11(18(23)26-15(16(19)22)12-7-3-2-4-8-12)20-17-13-9-5-6-10-14(13)27(24,25)21-17/h2-11,15H,1H3,(H2,19,22)(H,20,21)/t11-,15?/m0/s1. The van der Waals surface area contributed by atoms with Crippen LogP contribution in [0.1, 0.15) is 24.2 Å². The number of carbonyl (C=O) groups excluding carboxylic acids is 2. The first kappa shape index (κ1) is 18.6. The molecule has 1 unspecified atom stereocenters. The second-order valence-corrected chi connectivity index (χ2v) is 7.54. The van der Waals surface area contributed by atoms with Crippen LogP contribution in [0.5, 0.6) is 0 Å². The molecule has 0 aromatic heterocycles. The molecule has 0 saturated heterocycles. The summed E-state index contributed by atoms with van der Waals surface area (Å²) in [4.78, 5) is 28.3. The molecule has 3 rings (SSSR count). The number of nitrogens with one attached hydrogen (secondary N) is 1. The average Bonchev–Trinajstić information content (AvgIpc) is 2.90. The van der Waals surface area contributed by atoms with E-state index in [1.54, 1.807) is 48.5 Å². The maximum absolute atomic E-state index is 12.4. The molecule has 8 nitrogen and oxygen atoms in total. The van der Waals surface area contributed by atoms with E-state index in [-0.39, 0.29) is 10.7 Å². The van der Waals surface area contributed by atoms with Gasteiger partial charge in [0.2, 0.25) is 6.10 Å². The molecule has 1 aliphatic rings. The van der Waals surface area contributed by atoms with Gasteiger partial charge in [-0.25, -0.2) is 13.2 Å². The molecule has 1 amide bonds. The van der Waals surface area contributed by atoms with E-state index in [9.17, 15) is 18.0 Å². The number of nitrogens with two attached hydrogens (primary N) is 1. The minimum atomic E-state index is -3.71. The van der Waals surface area contributed by atoms with Crippen molar-refractivity contribution in [3.05, 3.63) is 65.7 Å². The number of amides is 1. The number of sulfonamides is 1. The average molecular weight is 387 g/mol. The summed E-state index contributed by atoms with van der Waals surface area (Å²) in [6.45, 7) is 1.44. The van der Waals surface area contributed by atoms with Crippen molar-refractivity contribution in [2.75, 3.05) is 0 Å². The first-order valence-corrected chi connectivity index (χ1v) is 9.52. The smallest absolute Gasteiger partial charge is 0.331 e. The number of carbonyl (C=O) groups is 2. The zero-order valence-corrected chi connectivity index (χ0v) is 15.1. The molecule has 140 valence electrons. The highest BCUT2D eigenvalue weighted by Gasteiger charge is 2.32. The number of benzene rings is 2. The third-order valence-electron chi connectivity index (χ3n) is 3.92. The number of nitrogens with zero attached hydrogens (tertiary/aromatic N) is 1. The fourth-order valence-corrected chi connectivity index (χ4v) is 3.85. The third-order valence-corrected chi connectivity index (χ3v) is 5.32. The van der Waals surface area contributed by atoms with E-state index in [0.29, 0.717) is 11.1 Å². The molecule has 2 atom stereocenters. The number of primary amides is 1. The molecule has 27 heavy (non-hydrogen) atoms. The predicted octanol–water partition coefficient (Wildman–Crippen LogP) is 0.883. The van der Waals surface area contributed by atoms with Crippen LogP contribution in [0.25, 0.3) is 0 Å². The number of esters is 1. The Morgan fingerprint density at radius 2 is 1.70 bits per heavy atom. The third kappa shape index (κ3) is 3.82. The number of fused-ring (bicyclic) bond motifs is 1. The summed E-state index contributed by atoms with van der Waals surface area (Å²) < 4.78 is 31.7. The molecule has 9 heteroatoms. The van der Waals surface area contributed by atoms with E-state index in [1.165, 1.54) is 13.0 Å². The monoisotopic (exact) mass is 387 g/mol. The van der Waals surface area contributed by atoms with Crippen LogP contribution in [0.15, 0.2) is 64.5 Å². The Morgan fingerprint density at radius 1 is 1.07 bits per heavy atom. The van der Waals surface area contributed by atoms with Gasteiger partial charge in [-0.15, -0.1) is 0 Å². The van der Waals surface area contributed by atoms with Crippen molar-refractivity contribution in [2.24, 2.45) is 10.7 Å². The van der Waals surface area contributed by atoms with Gasteiger partial charge in [0.25, 0.3) is 15.9 Å². The topological polar surface area (TPSA) is 128 Å². The van der Waals surface area contributed by atoms with Gasteiger partial charge in [-0.3, -0.25) is 14.5 Å². The first-order chi connectivity index (χ1) is 12.8. The van der Waals surface area contributed by atoms with Crippen LogP contribution >= 0.6 is 0 Å². The van der Waals surface area contributed by atoms with Gasteiger partial charge in [0.05, 0.1) is 4.90 Å². The predicted molar refractivity (Wildman–Crippen MR) is 97.2 cm³/mol. The van der Waals surface area contributed by atoms with Crippen LogP contribution in [0.4, 0.5) is 0 Å². The lowest BCUT2D eigenvalue weighted by atomic mass is 10.1. The highest BCUT2D eigenvalue weighted by atomic mass is 32.2. The highest BCUT2D eigenvalue weighted by Crippen LogP contribution is 2.23. The van der Waals surface area contributed by atoms with E-state index < -0.39 is 34.0 Å². The zero-order valence-electron chi connectivity index (χ0n) is 14.3. The lowest BCUT2D eigenvalue weighted by Gasteiger charge is -2.16. The fourth-order valence-electron chi connectivity index (χ4n) is 2.61. The SMILES string of the molecule is C[C@H](N=C1NS(=O)(=O)c2ccccc21)C(=O)OC(C(N)=O)c1ccccc1. The van der Waals surface area contributed by atoms with Crippen molar-refractivity contribution in [2.45, 2.75) is 24.0 Å². The van der Waals surface area contributed by atoms with Gasteiger partial charge in [0.15, 0.2) is 0 Å². The molecule has 3 N–H and O–H groups in total. The molecule has 2 aromatic rings. The molecule has 0 spiro atoms. The minimum Gasteiger partial charge on any atom is -0.446 e. The maximum Gasteiger partial charge on any atom is 0.331 e. The van der Waals surface area contributed by atoms with Crippen molar-refractivity contribution < 1.29 is 22.7 Å². The molecule has 0 aliphatic carbocycles. The minimum absolute atomic E-state index is 0.0467. The van der Waals surface area contributed by atoms with Gasteiger partial charge < -0.3 is 10.5 Å². The normalized spacial score (nSPS) is 18.2. The van der Waals surface area contributed by atoms with Gasteiger partial charge in [-0.05, 0) is 19.1 Å². The van der Waals surface area contributed by atoms with E-state index in [1.807, 2.05) is 0 Å². The van der Waals surface area contributed by atoms with Crippen molar-refractivity contribution in [3.8, 4) is 0 Å². The molecule has 1 aliphatic heterocycles. The Morgan fingerprint density at radius 3 is 2.37 bits per heavy atom. The molecule has 1 heterocycles. The first-order valence-electron chi connectivity index (χ1n) is 8.04. The number of ether oxygens (including phenoxy) is 1. The van der Waals surface area contributed by atoms with E-state index in [2.05, 4.69) is 9.71 Å². The lowest BCUT2D eigenvalue weighted by molar-refractivity contribution is -0.156. The van der Waals surface area contributed by atoms with Crippen molar-refractivity contribution in [1.82, 2.24) is 4.72 Å².